The first-order chi connectivity index (χ1) is 12.7. The fourth-order valence-electron chi connectivity index (χ4n) is 3.19. The van der Waals surface area contributed by atoms with E-state index in [1.807, 2.05) is 58.8 Å². The van der Waals surface area contributed by atoms with E-state index in [1.54, 1.807) is 12.1 Å². The maximum absolute atomic E-state index is 12.8. The Hall–Kier alpha value is -2.92. The third-order valence-electron chi connectivity index (χ3n) is 4.47. The zero-order valence-corrected chi connectivity index (χ0v) is 15.0. The quantitative estimate of drug-likeness (QED) is 0.741. The molecule has 0 spiro atoms. The molecule has 0 saturated carbocycles. The molecule has 0 saturated heterocycles. The number of fused-ring (bicyclic) bond motifs is 1. The van der Waals surface area contributed by atoms with Crippen LogP contribution in [0.2, 0.25) is 0 Å². The van der Waals surface area contributed by atoms with Gasteiger partial charge in [0.2, 0.25) is 0 Å². The van der Waals surface area contributed by atoms with E-state index < -0.39 is 0 Å². The number of thiophene rings is 1. The van der Waals surface area contributed by atoms with E-state index in [0.717, 1.165) is 29.0 Å². The van der Waals surface area contributed by atoms with Crippen molar-refractivity contribution in [3.63, 3.8) is 0 Å². The molecular formula is C21H18N2O2S. The van der Waals surface area contributed by atoms with Crippen LogP contribution in [0.25, 0.3) is 0 Å². The fourth-order valence-corrected chi connectivity index (χ4v) is 3.86. The lowest BCUT2D eigenvalue weighted by Crippen LogP contribution is -2.35. The number of carbonyl (C=O) groups is 2. The normalized spacial score (nSPS) is 13.2. The lowest BCUT2D eigenvalue weighted by Gasteiger charge is -2.29. The summed E-state index contributed by atoms with van der Waals surface area (Å²) < 4.78 is 0. The van der Waals surface area contributed by atoms with Gasteiger partial charge < -0.3 is 10.2 Å². The standard InChI is InChI=1S/C21H18N2O2S/c24-20(16-6-2-1-3-7-16)22-17-11-10-15-8-4-12-23(18(15)14-17)21(25)19-9-5-13-26-19/h1-3,5-7,9-11,13-14H,4,8,12H2,(H,22,24). The fraction of sp³-hybridized carbons (Fsp3) is 0.143. The molecule has 3 aromatic rings. The van der Waals surface area contributed by atoms with Crippen LogP contribution in [0, 0.1) is 0 Å². The van der Waals surface area contributed by atoms with Crippen molar-refractivity contribution in [1.29, 1.82) is 0 Å². The van der Waals surface area contributed by atoms with Crippen molar-refractivity contribution in [1.82, 2.24) is 0 Å². The summed E-state index contributed by atoms with van der Waals surface area (Å²) in [5.41, 5.74) is 3.33. The smallest absolute Gasteiger partial charge is 0.268 e. The predicted octanol–water partition coefficient (Wildman–Crippen LogP) is 4.59. The first-order valence-corrected chi connectivity index (χ1v) is 9.45. The van der Waals surface area contributed by atoms with Gasteiger partial charge in [-0.1, -0.05) is 30.3 Å². The molecule has 2 aromatic carbocycles. The van der Waals surface area contributed by atoms with Crippen LogP contribution in [0.5, 0.6) is 0 Å². The molecule has 0 atom stereocenters. The average Bonchev–Trinajstić information content (AvgIpc) is 3.22. The molecule has 4 rings (SSSR count). The van der Waals surface area contributed by atoms with Gasteiger partial charge in [0.25, 0.3) is 11.8 Å². The van der Waals surface area contributed by atoms with E-state index in [9.17, 15) is 9.59 Å². The first-order valence-electron chi connectivity index (χ1n) is 8.57. The molecule has 2 heterocycles. The van der Waals surface area contributed by atoms with Gasteiger partial charge in [0.1, 0.15) is 0 Å². The predicted molar refractivity (Wildman–Crippen MR) is 105 cm³/mol. The van der Waals surface area contributed by atoms with Gasteiger partial charge in [-0.05, 0) is 54.1 Å². The minimum atomic E-state index is -0.155. The van der Waals surface area contributed by atoms with Gasteiger partial charge in [-0.3, -0.25) is 9.59 Å². The molecule has 1 aliphatic rings. The Morgan fingerprint density at radius 2 is 1.85 bits per heavy atom. The van der Waals surface area contributed by atoms with Crippen molar-refractivity contribution < 1.29 is 9.59 Å². The average molecular weight is 362 g/mol. The SMILES string of the molecule is O=C(Nc1ccc2c(c1)N(C(=O)c1cccs1)CCC2)c1ccccc1. The van der Waals surface area contributed by atoms with Crippen LogP contribution in [0.15, 0.2) is 66.0 Å². The summed E-state index contributed by atoms with van der Waals surface area (Å²) in [6, 6.07) is 18.7. The maximum Gasteiger partial charge on any atom is 0.268 e. The highest BCUT2D eigenvalue weighted by Crippen LogP contribution is 2.32. The van der Waals surface area contributed by atoms with E-state index in [4.69, 9.17) is 0 Å². The Bertz CT molecular complexity index is 936. The number of anilines is 2. The van der Waals surface area contributed by atoms with Crippen LogP contribution in [-0.4, -0.2) is 18.4 Å². The summed E-state index contributed by atoms with van der Waals surface area (Å²) >= 11 is 1.45. The lowest BCUT2D eigenvalue weighted by atomic mass is 10.0. The van der Waals surface area contributed by atoms with Crippen LogP contribution >= 0.6 is 11.3 Å². The topological polar surface area (TPSA) is 49.4 Å². The van der Waals surface area contributed by atoms with Crippen molar-refractivity contribution in [3.05, 3.63) is 82.0 Å². The van der Waals surface area contributed by atoms with Gasteiger partial charge in [-0.25, -0.2) is 0 Å². The molecule has 0 radical (unpaired) electrons. The van der Waals surface area contributed by atoms with Gasteiger partial charge in [-0.15, -0.1) is 11.3 Å². The van der Waals surface area contributed by atoms with E-state index in [2.05, 4.69) is 5.32 Å². The van der Waals surface area contributed by atoms with E-state index in [-0.39, 0.29) is 11.8 Å². The minimum absolute atomic E-state index is 0.0208. The molecule has 1 aliphatic heterocycles. The summed E-state index contributed by atoms with van der Waals surface area (Å²) in [5.74, 6) is -0.134. The van der Waals surface area contributed by atoms with E-state index in [1.165, 1.54) is 11.3 Å². The molecule has 5 heteroatoms. The zero-order chi connectivity index (χ0) is 17.9. The Balaban J connectivity index is 1.61. The highest BCUT2D eigenvalue weighted by Gasteiger charge is 2.24. The first kappa shape index (κ1) is 16.5. The van der Waals surface area contributed by atoms with Gasteiger partial charge in [-0.2, -0.15) is 0 Å². The summed E-state index contributed by atoms with van der Waals surface area (Å²) in [5, 5.41) is 4.84. The molecule has 2 amide bonds. The Morgan fingerprint density at radius 3 is 2.62 bits per heavy atom. The molecule has 1 N–H and O–H groups in total. The van der Waals surface area contributed by atoms with Crippen molar-refractivity contribution in [2.45, 2.75) is 12.8 Å². The van der Waals surface area contributed by atoms with Gasteiger partial charge in [0.15, 0.2) is 0 Å². The number of aryl methyl sites for hydroxylation is 1. The number of benzene rings is 2. The molecule has 0 unspecified atom stereocenters. The Labute approximate surface area is 156 Å². The summed E-state index contributed by atoms with van der Waals surface area (Å²) in [6.07, 6.45) is 1.89. The number of amides is 2. The number of hydrogen-bond donors (Lipinski definition) is 1. The van der Waals surface area contributed by atoms with Crippen LogP contribution in [0.1, 0.15) is 32.0 Å². The molecule has 130 valence electrons. The number of carbonyl (C=O) groups excluding carboxylic acids is 2. The summed E-state index contributed by atoms with van der Waals surface area (Å²) in [4.78, 5) is 27.8. The molecule has 0 bridgehead atoms. The van der Waals surface area contributed by atoms with Crippen LogP contribution in [-0.2, 0) is 6.42 Å². The third kappa shape index (κ3) is 3.26. The number of rotatable bonds is 3. The number of hydrogen-bond acceptors (Lipinski definition) is 3. The highest BCUT2D eigenvalue weighted by molar-refractivity contribution is 7.12. The number of nitrogens with zero attached hydrogens (tertiary/aromatic N) is 1. The monoisotopic (exact) mass is 362 g/mol. The van der Waals surface area contributed by atoms with Crippen molar-refractivity contribution in [3.8, 4) is 0 Å². The van der Waals surface area contributed by atoms with Crippen LogP contribution in [0.4, 0.5) is 11.4 Å². The number of nitrogens with one attached hydrogen (secondary N) is 1. The largest absolute Gasteiger partial charge is 0.322 e. The maximum atomic E-state index is 12.8. The lowest BCUT2D eigenvalue weighted by molar-refractivity contribution is 0.0987. The summed E-state index contributed by atoms with van der Waals surface area (Å²) in [6.45, 7) is 0.694. The van der Waals surface area contributed by atoms with Gasteiger partial charge in [0, 0.05) is 23.5 Å². The van der Waals surface area contributed by atoms with Gasteiger partial charge in [0.05, 0.1) is 4.88 Å². The highest BCUT2D eigenvalue weighted by atomic mass is 32.1. The minimum Gasteiger partial charge on any atom is -0.322 e. The van der Waals surface area contributed by atoms with Crippen molar-refractivity contribution >= 4 is 34.5 Å². The molecular weight excluding hydrogens is 344 g/mol. The molecule has 0 aliphatic carbocycles. The molecule has 4 nitrogen and oxygen atoms in total. The van der Waals surface area contributed by atoms with Crippen LogP contribution in [0.3, 0.4) is 0 Å². The van der Waals surface area contributed by atoms with Crippen molar-refractivity contribution in [2.24, 2.45) is 0 Å². The van der Waals surface area contributed by atoms with Crippen molar-refractivity contribution in [2.75, 3.05) is 16.8 Å². The van der Waals surface area contributed by atoms with E-state index >= 15 is 0 Å². The van der Waals surface area contributed by atoms with E-state index in [0.29, 0.717) is 17.8 Å². The molecule has 1 aromatic heterocycles. The molecule has 0 fully saturated rings. The third-order valence-corrected chi connectivity index (χ3v) is 5.33. The Kier molecular flexibility index (Phi) is 4.54. The zero-order valence-electron chi connectivity index (χ0n) is 14.1. The second-order valence-electron chi connectivity index (χ2n) is 6.20. The second kappa shape index (κ2) is 7.14. The second-order valence-corrected chi connectivity index (χ2v) is 7.15. The van der Waals surface area contributed by atoms with Crippen LogP contribution < -0.4 is 10.2 Å². The van der Waals surface area contributed by atoms with Gasteiger partial charge >= 0.3 is 0 Å². The summed E-state index contributed by atoms with van der Waals surface area (Å²) in [7, 11) is 0. The molecule has 26 heavy (non-hydrogen) atoms. The Morgan fingerprint density at radius 1 is 1.00 bits per heavy atom.